The molecule has 4 N–H and O–H groups in total. The van der Waals surface area contributed by atoms with Gasteiger partial charge in [-0.25, -0.2) is 0 Å². The fourth-order valence-corrected chi connectivity index (χ4v) is 2.94. The van der Waals surface area contributed by atoms with Crippen molar-refractivity contribution in [3.05, 3.63) is 29.3 Å². The van der Waals surface area contributed by atoms with Crippen LogP contribution in [0.25, 0.3) is 0 Å². The molecule has 0 radical (unpaired) electrons. The van der Waals surface area contributed by atoms with Crippen LogP contribution in [0.2, 0.25) is 0 Å². The Balaban J connectivity index is 2.48. The molecule has 3 amide bonds. The van der Waals surface area contributed by atoms with Gasteiger partial charge in [0, 0.05) is 18.5 Å². The van der Waals surface area contributed by atoms with Crippen LogP contribution in [-0.2, 0) is 26.9 Å². The fourth-order valence-electron chi connectivity index (χ4n) is 2.66. The van der Waals surface area contributed by atoms with Crippen molar-refractivity contribution in [2.45, 2.75) is 18.9 Å². The standard InChI is InChI=1S/C21H28IN3O9/c22-34-14-18(28)24-6-8-31-9-10-32-11-12-33-17-5-1-3-15(13-27)19(17)21(30)25-16(20(23)29)4-2-7-26/h1,3,5,7,13,16H,2,4,6,8-12,14H2,(H2,23,29)(H,24,28)(H,25,30). The van der Waals surface area contributed by atoms with E-state index in [4.69, 9.17) is 19.9 Å². The van der Waals surface area contributed by atoms with Crippen LogP contribution >= 0.6 is 23.0 Å². The van der Waals surface area contributed by atoms with Gasteiger partial charge >= 0.3 is 0 Å². The fraction of sp³-hybridized carbons (Fsp3) is 0.476. The van der Waals surface area contributed by atoms with E-state index in [1.54, 1.807) is 29.1 Å². The Morgan fingerprint density at radius 2 is 1.76 bits per heavy atom. The van der Waals surface area contributed by atoms with Crippen LogP contribution in [0.4, 0.5) is 0 Å². The highest BCUT2D eigenvalue weighted by molar-refractivity contribution is 14.1. The van der Waals surface area contributed by atoms with Crippen molar-refractivity contribution >= 4 is 53.3 Å². The van der Waals surface area contributed by atoms with Crippen molar-refractivity contribution < 1.29 is 41.2 Å². The number of halogens is 1. The van der Waals surface area contributed by atoms with Crippen LogP contribution in [0, 0.1) is 0 Å². The molecule has 0 aromatic heterocycles. The number of nitrogens with two attached hydrogens (primary N) is 1. The van der Waals surface area contributed by atoms with Crippen molar-refractivity contribution in [1.29, 1.82) is 0 Å². The number of primary amides is 1. The van der Waals surface area contributed by atoms with Crippen LogP contribution in [0.5, 0.6) is 5.75 Å². The Morgan fingerprint density at radius 3 is 2.41 bits per heavy atom. The number of amides is 3. The van der Waals surface area contributed by atoms with Gasteiger partial charge in [0.15, 0.2) is 6.29 Å². The third kappa shape index (κ3) is 11.5. The number of nitrogens with one attached hydrogen (secondary N) is 2. The van der Waals surface area contributed by atoms with Crippen molar-refractivity contribution in [1.82, 2.24) is 10.6 Å². The third-order valence-electron chi connectivity index (χ3n) is 4.25. The Labute approximate surface area is 210 Å². The quantitative estimate of drug-likeness (QED) is 0.113. The minimum absolute atomic E-state index is 0.0192. The van der Waals surface area contributed by atoms with Gasteiger partial charge in [0.05, 0.1) is 32.0 Å². The van der Waals surface area contributed by atoms with Crippen LogP contribution < -0.4 is 21.1 Å². The molecule has 0 saturated carbocycles. The number of ether oxygens (including phenoxy) is 3. The monoisotopic (exact) mass is 593 g/mol. The third-order valence-corrected chi connectivity index (χ3v) is 4.56. The minimum atomic E-state index is -1.07. The van der Waals surface area contributed by atoms with Gasteiger partial charge in [-0.1, -0.05) is 12.1 Å². The van der Waals surface area contributed by atoms with E-state index >= 15 is 0 Å². The van der Waals surface area contributed by atoms with E-state index in [9.17, 15) is 24.0 Å². The Bertz CT molecular complexity index is 823. The Hall–Kier alpha value is -2.62. The molecule has 0 aliphatic rings. The van der Waals surface area contributed by atoms with Gasteiger partial charge in [0.25, 0.3) is 5.91 Å². The lowest BCUT2D eigenvalue weighted by Crippen LogP contribution is -2.44. The molecule has 0 heterocycles. The van der Waals surface area contributed by atoms with E-state index in [1.807, 2.05) is 0 Å². The molecule has 1 atom stereocenters. The Kier molecular flexibility index (Phi) is 15.4. The zero-order chi connectivity index (χ0) is 25.2. The molecule has 0 aliphatic heterocycles. The van der Waals surface area contributed by atoms with Crippen LogP contribution in [0.1, 0.15) is 33.6 Å². The predicted molar refractivity (Wildman–Crippen MR) is 128 cm³/mol. The number of hydrogen-bond donors (Lipinski definition) is 3. The lowest BCUT2D eigenvalue weighted by molar-refractivity contribution is -0.122. The van der Waals surface area contributed by atoms with Gasteiger partial charge in [0.2, 0.25) is 11.8 Å². The van der Waals surface area contributed by atoms with Gasteiger partial charge in [-0.15, -0.1) is 0 Å². The number of benzene rings is 1. The second-order valence-corrected chi connectivity index (χ2v) is 7.31. The van der Waals surface area contributed by atoms with Gasteiger partial charge in [-0.2, -0.15) is 0 Å². The van der Waals surface area contributed by atoms with E-state index < -0.39 is 17.9 Å². The summed E-state index contributed by atoms with van der Waals surface area (Å²) in [6, 6.07) is 3.42. The summed E-state index contributed by atoms with van der Waals surface area (Å²) >= 11 is 1.63. The molecule has 34 heavy (non-hydrogen) atoms. The maximum Gasteiger partial charge on any atom is 0.256 e. The van der Waals surface area contributed by atoms with Crippen molar-refractivity contribution in [3.8, 4) is 5.75 Å². The topological polar surface area (TPSA) is 172 Å². The summed E-state index contributed by atoms with van der Waals surface area (Å²) in [6.45, 7) is 1.51. The Morgan fingerprint density at radius 1 is 1.06 bits per heavy atom. The van der Waals surface area contributed by atoms with E-state index in [0.717, 1.165) is 0 Å². The molecule has 1 aromatic rings. The lowest BCUT2D eigenvalue weighted by Gasteiger charge is -2.17. The molecule has 0 saturated heterocycles. The second kappa shape index (κ2) is 17.8. The number of carbonyl (C=O) groups excluding carboxylic acids is 5. The number of carbonyl (C=O) groups is 5. The molecule has 0 spiro atoms. The molecule has 0 aliphatic carbocycles. The van der Waals surface area contributed by atoms with E-state index in [-0.39, 0.29) is 62.1 Å². The van der Waals surface area contributed by atoms with Gasteiger partial charge in [-0.3, -0.25) is 19.2 Å². The summed E-state index contributed by atoms with van der Waals surface area (Å²) in [5.41, 5.74) is 5.30. The highest BCUT2D eigenvalue weighted by atomic mass is 127. The maximum atomic E-state index is 12.7. The molecular weight excluding hydrogens is 565 g/mol. The van der Waals surface area contributed by atoms with Gasteiger partial charge < -0.3 is 38.4 Å². The molecular formula is C21H28IN3O9. The van der Waals surface area contributed by atoms with E-state index in [1.165, 1.54) is 12.1 Å². The summed E-state index contributed by atoms with van der Waals surface area (Å²) in [5.74, 6) is -1.62. The maximum absolute atomic E-state index is 12.7. The zero-order valence-electron chi connectivity index (χ0n) is 18.5. The summed E-state index contributed by atoms with van der Waals surface area (Å²) < 4.78 is 21.0. The first-order chi connectivity index (χ1) is 16.4. The summed E-state index contributed by atoms with van der Waals surface area (Å²) in [7, 11) is 0. The zero-order valence-corrected chi connectivity index (χ0v) is 20.6. The van der Waals surface area contributed by atoms with Crippen molar-refractivity contribution in [2.24, 2.45) is 5.73 Å². The van der Waals surface area contributed by atoms with Gasteiger partial charge in [0.1, 0.15) is 54.3 Å². The lowest BCUT2D eigenvalue weighted by atomic mass is 10.0. The average molecular weight is 593 g/mol. The first-order valence-corrected chi connectivity index (χ1v) is 11.2. The summed E-state index contributed by atoms with van der Waals surface area (Å²) in [4.78, 5) is 57.5. The second-order valence-electron chi connectivity index (χ2n) is 6.69. The van der Waals surface area contributed by atoms with E-state index in [0.29, 0.717) is 32.3 Å². The van der Waals surface area contributed by atoms with Crippen molar-refractivity contribution in [2.75, 3.05) is 46.2 Å². The summed E-state index contributed by atoms with van der Waals surface area (Å²) in [6.07, 6.45) is 1.19. The highest BCUT2D eigenvalue weighted by Gasteiger charge is 2.23. The van der Waals surface area contributed by atoms with Crippen molar-refractivity contribution in [3.63, 3.8) is 0 Å². The first kappa shape index (κ1) is 29.4. The number of rotatable bonds is 19. The largest absolute Gasteiger partial charge is 0.490 e. The van der Waals surface area contributed by atoms with Crippen LogP contribution in [0.15, 0.2) is 18.2 Å². The van der Waals surface area contributed by atoms with Crippen LogP contribution in [-0.4, -0.2) is 82.5 Å². The SMILES string of the molecule is NC(=O)C(CCC=O)NC(=O)c1c(C=O)cccc1OCCOCCOCCNC(=O)COI. The number of hydrogen-bond acceptors (Lipinski definition) is 9. The summed E-state index contributed by atoms with van der Waals surface area (Å²) in [5, 5.41) is 5.05. The highest BCUT2D eigenvalue weighted by Crippen LogP contribution is 2.22. The minimum Gasteiger partial charge on any atom is -0.490 e. The molecule has 1 unspecified atom stereocenters. The predicted octanol–water partition coefficient (Wildman–Crippen LogP) is -0.0433. The molecule has 13 heteroatoms. The molecule has 1 rings (SSSR count). The molecule has 0 fully saturated rings. The smallest absolute Gasteiger partial charge is 0.256 e. The molecule has 0 bridgehead atoms. The average Bonchev–Trinajstić information content (AvgIpc) is 2.82. The molecule has 1 aromatic carbocycles. The molecule has 188 valence electrons. The van der Waals surface area contributed by atoms with Gasteiger partial charge in [-0.05, 0) is 12.5 Å². The van der Waals surface area contributed by atoms with E-state index in [2.05, 4.69) is 13.7 Å². The van der Waals surface area contributed by atoms with Crippen LogP contribution in [0.3, 0.4) is 0 Å². The first-order valence-electron chi connectivity index (χ1n) is 10.3. The number of aldehydes is 2. The molecule has 12 nitrogen and oxygen atoms in total. The normalized spacial score (nSPS) is 11.3.